The van der Waals surface area contributed by atoms with Crippen LogP contribution in [-0.4, -0.2) is 44.6 Å². The Hall–Kier alpha value is -3.76. The van der Waals surface area contributed by atoms with E-state index in [0.717, 1.165) is 31.2 Å². The molecule has 0 bridgehead atoms. The van der Waals surface area contributed by atoms with Crippen molar-refractivity contribution in [3.05, 3.63) is 41.5 Å². The minimum Gasteiger partial charge on any atom is -0.497 e. The van der Waals surface area contributed by atoms with Crippen LogP contribution in [0.25, 0.3) is 0 Å². The van der Waals surface area contributed by atoms with Crippen molar-refractivity contribution in [2.45, 2.75) is 69.8 Å². The summed E-state index contributed by atoms with van der Waals surface area (Å²) in [5.74, 6) is 0.954. The molecule has 11 heteroatoms. The third-order valence-electron chi connectivity index (χ3n) is 8.68. The van der Waals surface area contributed by atoms with Crippen LogP contribution < -0.4 is 29.0 Å². The second-order valence-electron chi connectivity index (χ2n) is 11.3. The van der Waals surface area contributed by atoms with Crippen LogP contribution in [0.3, 0.4) is 0 Å². The summed E-state index contributed by atoms with van der Waals surface area (Å²) in [5, 5.41) is 3.20. The predicted molar refractivity (Wildman–Crippen MR) is 140 cm³/mol. The van der Waals surface area contributed by atoms with Gasteiger partial charge in [0.25, 0.3) is 0 Å². The Labute approximate surface area is 236 Å². The Bertz CT molecular complexity index is 1360. The Balaban J connectivity index is 1.22. The van der Waals surface area contributed by atoms with Crippen LogP contribution in [-0.2, 0) is 19.7 Å². The number of halogens is 2. The molecule has 3 atom stereocenters. The number of esters is 1. The van der Waals surface area contributed by atoms with E-state index in [4.69, 9.17) is 18.9 Å². The molecule has 3 aliphatic heterocycles. The minimum atomic E-state index is -3.77. The summed E-state index contributed by atoms with van der Waals surface area (Å²) in [6.45, 7) is 3.93. The summed E-state index contributed by atoms with van der Waals surface area (Å²) < 4.78 is 59.3. The first-order chi connectivity index (χ1) is 19.6. The summed E-state index contributed by atoms with van der Waals surface area (Å²) in [7, 11) is 1.58. The van der Waals surface area contributed by atoms with Gasteiger partial charge in [-0.2, -0.15) is 0 Å². The van der Waals surface area contributed by atoms with Crippen molar-refractivity contribution in [1.29, 1.82) is 0 Å². The highest BCUT2D eigenvalue weighted by atomic mass is 19.3. The van der Waals surface area contributed by atoms with Crippen LogP contribution in [0.4, 0.5) is 8.78 Å². The first kappa shape index (κ1) is 27.4. The smallest absolute Gasteiger partial charge is 0.497 e. The van der Waals surface area contributed by atoms with E-state index in [2.05, 4.69) is 14.8 Å². The Morgan fingerprint density at radius 2 is 1.76 bits per heavy atom. The fraction of sp³-hybridized carbons (Fsp3) is 0.533. The molecule has 1 saturated carbocycles. The number of fused-ring (bicyclic) bond motifs is 3. The van der Waals surface area contributed by atoms with Gasteiger partial charge in [0.2, 0.25) is 5.91 Å². The van der Waals surface area contributed by atoms with E-state index in [0.29, 0.717) is 35.8 Å². The molecule has 9 nitrogen and oxygen atoms in total. The number of carbonyl (C=O) groups is 2. The van der Waals surface area contributed by atoms with E-state index in [1.165, 1.54) is 12.1 Å². The van der Waals surface area contributed by atoms with E-state index < -0.39 is 11.7 Å². The second-order valence-corrected chi connectivity index (χ2v) is 11.3. The van der Waals surface area contributed by atoms with Gasteiger partial charge in [-0.05, 0) is 63.6 Å². The lowest BCUT2D eigenvalue weighted by Crippen LogP contribution is -2.47. The molecule has 0 aromatic heterocycles. The Morgan fingerprint density at radius 3 is 2.46 bits per heavy atom. The molecule has 2 aromatic rings. The number of alkyl halides is 2. The highest BCUT2D eigenvalue weighted by molar-refractivity contribution is 5.90. The highest BCUT2D eigenvalue weighted by Gasteiger charge is 2.49. The zero-order valence-corrected chi connectivity index (χ0v) is 23.2. The molecule has 1 aliphatic carbocycles. The number of rotatable bonds is 6. The summed E-state index contributed by atoms with van der Waals surface area (Å²) in [5.41, 5.74) is 0.124. The minimum absolute atomic E-state index is 0.0352. The molecule has 1 N–H and O–H groups in total. The molecule has 0 spiro atoms. The average molecular weight is 574 g/mol. The number of carbonyl (C=O) groups excluding carboxylic acids is 2. The van der Waals surface area contributed by atoms with Gasteiger partial charge in [0, 0.05) is 29.7 Å². The van der Waals surface area contributed by atoms with Crippen molar-refractivity contribution in [2.75, 3.05) is 20.3 Å². The number of benzene rings is 2. The van der Waals surface area contributed by atoms with Crippen LogP contribution in [0, 0.1) is 11.8 Å². The van der Waals surface area contributed by atoms with Gasteiger partial charge in [0.1, 0.15) is 35.4 Å². The van der Waals surface area contributed by atoms with Gasteiger partial charge in [0.05, 0.1) is 25.7 Å². The number of ether oxygens (including phenoxy) is 6. The molecule has 1 amide bonds. The highest BCUT2D eigenvalue weighted by Crippen LogP contribution is 2.50. The van der Waals surface area contributed by atoms with Crippen molar-refractivity contribution < 1.29 is 46.8 Å². The van der Waals surface area contributed by atoms with E-state index in [-0.39, 0.29) is 54.0 Å². The molecule has 3 heterocycles. The molecule has 41 heavy (non-hydrogen) atoms. The molecule has 2 aromatic carbocycles. The Kier molecular flexibility index (Phi) is 6.86. The van der Waals surface area contributed by atoms with Gasteiger partial charge in [0.15, 0.2) is 11.5 Å². The lowest BCUT2D eigenvalue weighted by molar-refractivity contribution is -0.286. The summed E-state index contributed by atoms with van der Waals surface area (Å²) >= 11 is 0. The number of amides is 1. The van der Waals surface area contributed by atoms with E-state index in [9.17, 15) is 18.4 Å². The largest absolute Gasteiger partial charge is 0.586 e. The standard InChI is InChI=1S/C30H33F2NO8/c1-4-37-27(34)17-7-5-16(6-8-17)22-13-21(19-10-9-18(36-3)11-23(19)39-22)33-28(35)29(2)15-38-24-14-26-25(12-20(24)29)40-30(31,32)41-26/h9-12,14,16-17,21-22H,4-8,13,15H2,1-3H3,(H,33,35)/t16?,17?,21-,22-,29-/m0/s1. The van der Waals surface area contributed by atoms with Crippen LogP contribution in [0.5, 0.6) is 28.7 Å². The molecule has 4 aliphatic rings. The van der Waals surface area contributed by atoms with Gasteiger partial charge < -0.3 is 33.7 Å². The van der Waals surface area contributed by atoms with Crippen molar-refractivity contribution >= 4 is 11.9 Å². The first-order valence-electron chi connectivity index (χ1n) is 14.0. The topological polar surface area (TPSA) is 102 Å². The average Bonchev–Trinajstić information content (AvgIpc) is 3.45. The predicted octanol–water partition coefficient (Wildman–Crippen LogP) is 5.04. The zero-order valence-electron chi connectivity index (χ0n) is 23.2. The van der Waals surface area contributed by atoms with Crippen molar-refractivity contribution in [3.63, 3.8) is 0 Å². The van der Waals surface area contributed by atoms with Gasteiger partial charge in [-0.15, -0.1) is 8.78 Å². The number of nitrogens with one attached hydrogen (secondary N) is 1. The molecule has 1 fully saturated rings. The van der Waals surface area contributed by atoms with Crippen molar-refractivity contribution in [1.82, 2.24) is 5.32 Å². The maximum absolute atomic E-state index is 13.9. The second kappa shape index (κ2) is 10.3. The zero-order chi connectivity index (χ0) is 28.9. The third kappa shape index (κ3) is 4.99. The van der Waals surface area contributed by atoms with E-state index in [1.54, 1.807) is 14.0 Å². The van der Waals surface area contributed by atoms with Crippen LogP contribution in [0.1, 0.15) is 63.1 Å². The number of hydrogen-bond donors (Lipinski definition) is 1. The normalized spacial score (nSPS) is 28.9. The van der Waals surface area contributed by atoms with Gasteiger partial charge in [-0.25, -0.2) is 0 Å². The first-order valence-corrected chi connectivity index (χ1v) is 14.0. The maximum atomic E-state index is 13.9. The SMILES string of the molecule is CCOC(=O)C1CCC([C@@H]2C[C@H](NC(=O)[C@@]3(C)COc4cc5c(cc43)OC(F)(F)O5)c3ccc(OC)cc3O2)CC1. The molecule has 0 radical (unpaired) electrons. The third-order valence-corrected chi connectivity index (χ3v) is 8.68. The van der Waals surface area contributed by atoms with Gasteiger partial charge >= 0.3 is 12.3 Å². The monoisotopic (exact) mass is 573 g/mol. The van der Waals surface area contributed by atoms with Crippen LogP contribution in [0.2, 0.25) is 0 Å². The fourth-order valence-corrected chi connectivity index (χ4v) is 6.35. The fourth-order valence-electron chi connectivity index (χ4n) is 6.35. The molecule has 0 saturated heterocycles. The number of hydrogen-bond acceptors (Lipinski definition) is 8. The van der Waals surface area contributed by atoms with Gasteiger partial charge in [-0.3, -0.25) is 9.59 Å². The van der Waals surface area contributed by atoms with E-state index in [1.807, 2.05) is 25.1 Å². The summed E-state index contributed by atoms with van der Waals surface area (Å²) in [6.07, 6.45) is -0.335. The molecular weight excluding hydrogens is 540 g/mol. The lowest BCUT2D eigenvalue weighted by atomic mass is 9.76. The van der Waals surface area contributed by atoms with Crippen LogP contribution >= 0.6 is 0 Å². The van der Waals surface area contributed by atoms with E-state index >= 15 is 0 Å². The molecular formula is C30H33F2NO8. The molecule has 6 rings (SSSR count). The maximum Gasteiger partial charge on any atom is 0.586 e. The van der Waals surface area contributed by atoms with Crippen molar-refractivity contribution in [3.8, 4) is 28.7 Å². The van der Waals surface area contributed by atoms with Crippen molar-refractivity contribution in [2.24, 2.45) is 11.8 Å². The molecule has 220 valence electrons. The quantitative estimate of drug-likeness (QED) is 0.480. The Morgan fingerprint density at radius 1 is 1.02 bits per heavy atom. The number of methoxy groups -OCH3 is 1. The summed E-state index contributed by atoms with van der Waals surface area (Å²) in [4.78, 5) is 26.1. The lowest BCUT2D eigenvalue weighted by Gasteiger charge is -2.40. The van der Waals surface area contributed by atoms with Crippen LogP contribution in [0.15, 0.2) is 30.3 Å². The van der Waals surface area contributed by atoms with Gasteiger partial charge in [-0.1, -0.05) is 0 Å². The summed E-state index contributed by atoms with van der Waals surface area (Å²) in [6, 6.07) is 7.89. The molecule has 0 unspecified atom stereocenters.